The fraction of sp³-hybridized carbons (Fsp3) is 0.429. The lowest BCUT2D eigenvalue weighted by Gasteiger charge is -2.07. The molecule has 0 aromatic heterocycles. The summed E-state index contributed by atoms with van der Waals surface area (Å²) >= 11 is 0. The average molecular weight is 265 g/mol. The molecular formula is C14H19NO4. The Morgan fingerprint density at radius 3 is 2.79 bits per heavy atom. The van der Waals surface area contributed by atoms with Gasteiger partial charge in [-0.3, -0.25) is 4.79 Å². The van der Waals surface area contributed by atoms with Crippen molar-refractivity contribution in [2.45, 2.75) is 19.8 Å². The average Bonchev–Trinajstić information content (AvgIpc) is 2.39. The van der Waals surface area contributed by atoms with Crippen LogP contribution in [-0.2, 0) is 14.3 Å². The molecule has 0 aliphatic heterocycles. The summed E-state index contributed by atoms with van der Waals surface area (Å²) in [7, 11) is 1.45. The molecule has 0 spiro atoms. The van der Waals surface area contributed by atoms with Crippen LogP contribution in [0, 0.1) is 0 Å². The normalized spacial score (nSPS) is 10.0. The van der Waals surface area contributed by atoms with E-state index in [-0.39, 0.29) is 18.5 Å². The molecule has 0 saturated carbocycles. The minimum Gasteiger partial charge on any atom is -0.462 e. The highest BCUT2D eigenvalue weighted by atomic mass is 16.5. The molecule has 0 radical (unpaired) electrons. The first-order valence-electron chi connectivity index (χ1n) is 6.23. The lowest BCUT2D eigenvalue weighted by molar-refractivity contribution is -0.119. The van der Waals surface area contributed by atoms with E-state index in [1.54, 1.807) is 24.3 Å². The predicted octanol–water partition coefficient (Wildman–Crippen LogP) is 2.23. The maximum absolute atomic E-state index is 11.7. The van der Waals surface area contributed by atoms with Crippen molar-refractivity contribution in [3.63, 3.8) is 0 Å². The van der Waals surface area contributed by atoms with E-state index in [4.69, 9.17) is 9.47 Å². The molecule has 0 saturated heterocycles. The van der Waals surface area contributed by atoms with Crippen LogP contribution < -0.4 is 5.32 Å². The first-order valence-corrected chi connectivity index (χ1v) is 6.23. The van der Waals surface area contributed by atoms with Crippen LogP contribution in [0.15, 0.2) is 24.3 Å². The van der Waals surface area contributed by atoms with Crippen molar-refractivity contribution in [1.82, 2.24) is 0 Å². The smallest absolute Gasteiger partial charge is 0.338 e. The zero-order valence-electron chi connectivity index (χ0n) is 11.3. The van der Waals surface area contributed by atoms with Crippen molar-refractivity contribution in [1.29, 1.82) is 0 Å². The first kappa shape index (κ1) is 15.2. The number of benzene rings is 1. The fourth-order valence-electron chi connectivity index (χ4n) is 1.44. The topological polar surface area (TPSA) is 64.6 Å². The van der Waals surface area contributed by atoms with Gasteiger partial charge in [0, 0.05) is 12.8 Å². The minimum absolute atomic E-state index is 0.0226. The molecule has 104 valence electrons. The zero-order valence-corrected chi connectivity index (χ0v) is 11.3. The van der Waals surface area contributed by atoms with Crippen molar-refractivity contribution in [3.05, 3.63) is 29.8 Å². The van der Waals surface area contributed by atoms with Gasteiger partial charge < -0.3 is 14.8 Å². The van der Waals surface area contributed by atoms with Crippen LogP contribution in [0.3, 0.4) is 0 Å². The Hall–Kier alpha value is -1.88. The van der Waals surface area contributed by atoms with Gasteiger partial charge in [0.25, 0.3) is 0 Å². The molecule has 1 aromatic rings. The van der Waals surface area contributed by atoms with Gasteiger partial charge in [0.05, 0.1) is 12.2 Å². The molecule has 19 heavy (non-hydrogen) atoms. The maximum Gasteiger partial charge on any atom is 0.338 e. The molecule has 1 amide bonds. The Balaban J connectivity index is 2.60. The standard InChI is InChI=1S/C14H19NO4/c1-3-4-8-19-14(17)11-6-5-7-12(9-11)15-13(16)10-18-2/h5-7,9H,3-4,8,10H2,1-2H3,(H,15,16). The van der Waals surface area contributed by atoms with Crippen LogP contribution in [0.5, 0.6) is 0 Å². The summed E-state index contributed by atoms with van der Waals surface area (Å²) in [5.41, 5.74) is 0.971. The largest absolute Gasteiger partial charge is 0.462 e. The van der Waals surface area contributed by atoms with E-state index in [2.05, 4.69) is 5.32 Å². The van der Waals surface area contributed by atoms with Crippen molar-refractivity contribution in [2.24, 2.45) is 0 Å². The second kappa shape index (κ2) is 8.26. The molecule has 0 atom stereocenters. The molecule has 0 bridgehead atoms. The van der Waals surface area contributed by atoms with Gasteiger partial charge in [0.2, 0.25) is 5.91 Å². The van der Waals surface area contributed by atoms with Crippen LogP contribution in [0.1, 0.15) is 30.1 Å². The molecule has 1 rings (SSSR count). The van der Waals surface area contributed by atoms with Crippen LogP contribution in [0.25, 0.3) is 0 Å². The molecule has 0 fully saturated rings. The molecule has 0 unspecified atom stereocenters. The number of esters is 1. The quantitative estimate of drug-likeness (QED) is 0.606. The van der Waals surface area contributed by atoms with Gasteiger partial charge in [0.1, 0.15) is 6.61 Å². The van der Waals surface area contributed by atoms with Crippen molar-refractivity contribution < 1.29 is 19.1 Å². The van der Waals surface area contributed by atoms with Gasteiger partial charge >= 0.3 is 5.97 Å². The number of carbonyl (C=O) groups is 2. The Labute approximate surface area is 112 Å². The summed E-state index contributed by atoms with van der Waals surface area (Å²) in [4.78, 5) is 23.1. The monoisotopic (exact) mass is 265 g/mol. The molecule has 0 heterocycles. The van der Waals surface area contributed by atoms with Gasteiger partial charge in [-0.15, -0.1) is 0 Å². The Kier molecular flexibility index (Phi) is 6.60. The van der Waals surface area contributed by atoms with Crippen molar-refractivity contribution in [2.75, 3.05) is 25.6 Å². The van der Waals surface area contributed by atoms with Crippen LogP contribution in [-0.4, -0.2) is 32.2 Å². The van der Waals surface area contributed by atoms with E-state index >= 15 is 0 Å². The molecular weight excluding hydrogens is 246 g/mol. The van der Waals surface area contributed by atoms with Crippen molar-refractivity contribution in [3.8, 4) is 0 Å². The van der Waals surface area contributed by atoms with E-state index in [9.17, 15) is 9.59 Å². The molecule has 1 aromatic carbocycles. The summed E-state index contributed by atoms with van der Waals surface area (Å²) in [6.07, 6.45) is 1.82. The van der Waals surface area contributed by atoms with E-state index in [1.165, 1.54) is 7.11 Å². The molecule has 5 heteroatoms. The van der Waals surface area contributed by atoms with E-state index in [0.717, 1.165) is 12.8 Å². The third-order valence-electron chi connectivity index (χ3n) is 2.39. The number of methoxy groups -OCH3 is 1. The van der Waals surface area contributed by atoms with Gasteiger partial charge in [-0.05, 0) is 24.6 Å². The van der Waals surface area contributed by atoms with Crippen LogP contribution >= 0.6 is 0 Å². The number of anilines is 1. The Morgan fingerprint density at radius 1 is 1.32 bits per heavy atom. The molecule has 1 N–H and O–H groups in total. The summed E-state index contributed by atoms with van der Waals surface area (Å²) in [5.74, 6) is -0.643. The van der Waals surface area contributed by atoms with E-state index in [0.29, 0.717) is 17.9 Å². The lowest BCUT2D eigenvalue weighted by atomic mass is 10.2. The number of carbonyl (C=O) groups excluding carboxylic acids is 2. The first-order chi connectivity index (χ1) is 9.17. The number of nitrogens with one attached hydrogen (secondary N) is 1. The molecule has 0 aliphatic rings. The summed E-state index contributed by atoms with van der Waals surface area (Å²) in [5, 5.41) is 2.63. The van der Waals surface area contributed by atoms with Gasteiger partial charge in [-0.25, -0.2) is 4.79 Å². The number of hydrogen-bond donors (Lipinski definition) is 1. The zero-order chi connectivity index (χ0) is 14.1. The predicted molar refractivity (Wildman–Crippen MR) is 72.1 cm³/mol. The number of ether oxygens (including phenoxy) is 2. The summed E-state index contributed by atoms with van der Waals surface area (Å²) in [6.45, 7) is 2.42. The molecule has 0 aliphatic carbocycles. The van der Waals surface area contributed by atoms with E-state index < -0.39 is 0 Å². The second-order valence-electron chi connectivity index (χ2n) is 4.05. The Bertz CT molecular complexity index is 431. The van der Waals surface area contributed by atoms with Crippen LogP contribution in [0.2, 0.25) is 0 Å². The molecule has 5 nitrogen and oxygen atoms in total. The number of hydrogen-bond acceptors (Lipinski definition) is 4. The minimum atomic E-state index is -0.378. The van der Waals surface area contributed by atoms with Gasteiger partial charge in [-0.2, -0.15) is 0 Å². The Morgan fingerprint density at radius 2 is 2.11 bits per heavy atom. The highest BCUT2D eigenvalue weighted by molar-refractivity contribution is 5.95. The van der Waals surface area contributed by atoms with Crippen molar-refractivity contribution >= 4 is 17.6 Å². The number of amides is 1. The third kappa shape index (κ3) is 5.52. The highest BCUT2D eigenvalue weighted by Crippen LogP contribution is 2.12. The summed E-state index contributed by atoms with van der Waals surface area (Å²) < 4.78 is 9.81. The van der Waals surface area contributed by atoms with E-state index in [1.807, 2.05) is 6.92 Å². The number of rotatable bonds is 7. The van der Waals surface area contributed by atoms with Gasteiger partial charge in [0.15, 0.2) is 0 Å². The maximum atomic E-state index is 11.7. The number of unbranched alkanes of at least 4 members (excludes halogenated alkanes) is 1. The fourth-order valence-corrected chi connectivity index (χ4v) is 1.44. The second-order valence-corrected chi connectivity index (χ2v) is 4.05. The third-order valence-corrected chi connectivity index (χ3v) is 2.39. The highest BCUT2D eigenvalue weighted by Gasteiger charge is 2.08. The lowest BCUT2D eigenvalue weighted by Crippen LogP contribution is -2.17. The van der Waals surface area contributed by atoms with Gasteiger partial charge in [-0.1, -0.05) is 19.4 Å². The SMILES string of the molecule is CCCCOC(=O)c1cccc(NC(=O)COC)c1. The van der Waals surface area contributed by atoms with Crippen LogP contribution in [0.4, 0.5) is 5.69 Å². The summed E-state index contributed by atoms with van der Waals surface area (Å²) in [6, 6.07) is 6.64.